The van der Waals surface area contributed by atoms with Gasteiger partial charge in [-0.25, -0.2) is 9.97 Å². The number of hydrogen-bond donors (Lipinski definition) is 0. The van der Waals surface area contributed by atoms with Gasteiger partial charge in [0.15, 0.2) is 5.82 Å². The average molecular weight is 352 g/mol. The Balaban J connectivity index is 1.77. The monoisotopic (exact) mass is 352 g/mol. The third-order valence-electron chi connectivity index (χ3n) is 4.57. The molecule has 0 atom stereocenters. The Morgan fingerprint density at radius 3 is 2.38 bits per heavy atom. The van der Waals surface area contributed by atoms with E-state index < -0.39 is 0 Å². The number of hydrogen-bond acceptors (Lipinski definition) is 3. The molecule has 26 heavy (non-hydrogen) atoms. The van der Waals surface area contributed by atoms with E-state index in [9.17, 15) is 0 Å². The highest BCUT2D eigenvalue weighted by molar-refractivity contribution is 7.26. The lowest BCUT2D eigenvalue weighted by molar-refractivity contribution is 1.12. The molecule has 0 aliphatic carbocycles. The minimum atomic E-state index is 0.793. The van der Waals surface area contributed by atoms with Crippen molar-refractivity contribution in [3.05, 3.63) is 84.6 Å². The van der Waals surface area contributed by atoms with Gasteiger partial charge in [-0.05, 0) is 25.1 Å². The summed E-state index contributed by atoms with van der Waals surface area (Å²) in [6, 6.07) is 27.3. The van der Waals surface area contributed by atoms with E-state index in [0.717, 1.165) is 28.3 Å². The molecule has 0 bridgehead atoms. The van der Waals surface area contributed by atoms with Crippen molar-refractivity contribution >= 4 is 31.5 Å². The fourth-order valence-electron chi connectivity index (χ4n) is 3.37. The molecule has 0 unspecified atom stereocenters. The summed E-state index contributed by atoms with van der Waals surface area (Å²) in [6.45, 7) is 2.03. The summed E-state index contributed by atoms with van der Waals surface area (Å²) >= 11 is 1.81. The van der Waals surface area contributed by atoms with Gasteiger partial charge in [-0.15, -0.1) is 11.3 Å². The van der Waals surface area contributed by atoms with E-state index in [1.54, 1.807) is 0 Å². The van der Waals surface area contributed by atoms with Crippen molar-refractivity contribution in [1.29, 1.82) is 0 Å². The number of thiophene rings is 1. The van der Waals surface area contributed by atoms with Crippen LogP contribution in [0.15, 0.2) is 78.9 Å². The normalized spacial score (nSPS) is 11.3. The molecule has 0 radical (unpaired) electrons. The van der Waals surface area contributed by atoms with Crippen LogP contribution in [0, 0.1) is 6.92 Å². The Kier molecular flexibility index (Phi) is 3.54. The first kappa shape index (κ1) is 15.2. The molecule has 0 aliphatic heterocycles. The van der Waals surface area contributed by atoms with E-state index in [-0.39, 0.29) is 0 Å². The van der Waals surface area contributed by atoms with E-state index in [4.69, 9.17) is 9.97 Å². The fraction of sp³-hybridized carbons (Fsp3) is 0.0435. The Morgan fingerprint density at radius 2 is 1.50 bits per heavy atom. The van der Waals surface area contributed by atoms with Crippen molar-refractivity contribution in [2.75, 3.05) is 0 Å². The molecule has 124 valence electrons. The molecule has 0 amide bonds. The van der Waals surface area contributed by atoms with Crippen LogP contribution >= 0.6 is 11.3 Å². The van der Waals surface area contributed by atoms with Crippen molar-refractivity contribution in [1.82, 2.24) is 9.97 Å². The number of aryl methyl sites for hydroxylation is 1. The molecule has 2 aromatic heterocycles. The van der Waals surface area contributed by atoms with Crippen molar-refractivity contribution in [2.24, 2.45) is 0 Å². The fourth-order valence-corrected chi connectivity index (χ4v) is 4.58. The van der Waals surface area contributed by atoms with Gasteiger partial charge in [0.25, 0.3) is 0 Å². The maximum absolute atomic E-state index is 4.89. The molecular weight excluding hydrogens is 336 g/mol. The minimum absolute atomic E-state index is 0.793. The summed E-state index contributed by atoms with van der Waals surface area (Å²) in [4.78, 5) is 9.64. The highest BCUT2D eigenvalue weighted by atomic mass is 32.1. The van der Waals surface area contributed by atoms with Gasteiger partial charge < -0.3 is 0 Å². The van der Waals surface area contributed by atoms with Crippen molar-refractivity contribution < 1.29 is 0 Å². The highest BCUT2D eigenvalue weighted by Gasteiger charge is 2.13. The van der Waals surface area contributed by atoms with Crippen molar-refractivity contribution in [2.45, 2.75) is 6.92 Å². The summed E-state index contributed by atoms with van der Waals surface area (Å²) in [5, 5.41) is 2.57. The third kappa shape index (κ3) is 2.49. The van der Waals surface area contributed by atoms with Crippen LogP contribution in [-0.2, 0) is 0 Å². The molecule has 5 aromatic rings. The Morgan fingerprint density at radius 1 is 0.731 bits per heavy atom. The minimum Gasteiger partial charge on any atom is -0.233 e. The molecule has 2 nitrogen and oxygen atoms in total. The lowest BCUT2D eigenvalue weighted by Crippen LogP contribution is -1.95. The Bertz CT molecular complexity index is 1240. The van der Waals surface area contributed by atoms with Gasteiger partial charge in [-0.2, -0.15) is 0 Å². The largest absolute Gasteiger partial charge is 0.233 e. The zero-order valence-corrected chi connectivity index (χ0v) is 15.1. The van der Waals surface area contributed by atoms with Crippen LogP contribution in [-0.4, -0.2) is 9.97 Å². The van der Waals surface area contributed by atoms with Crippen LogP contribution in [0.25, 0.3) is 42.8 Å². The summed E-state index contributed by atoms with van der Waals surface area (Å²) in [5.74, 6) is 0.793. The van der Waals surface area contributed by atoms with Crippen LogP contribution in [0.1, 0.15) is 5.69 Å². The molecule has 0 fully saturated rings. The second kappa shape index (κ2) is 6.04. The van der Waals surface area contributed by atoms with Crippen LogP contribution in [0.2, 0.25) is 0 Å². The summed E-state index contributed by atoms with van der Waals surface area (Å²) in [5.41, 5.74) is 4.16. The molecule has 3 heteroatoms. The number of nitrogens with zero attached hydrogens (tertiary/aromatic N) is 2. The predicted octanol–water partition coefficient (Wildman–Crippen LogP) is 6.49. The standard InChI is InChI=1S/C23H16N2S/c1-15-14-20(16-8-3-2-4-9-16)25-23(24-15)19-12-7-11-18-17-10-5-6-13-21(17)26-22(18)19/h2-14H,1H3. The van der Waals surface area contributed by atoms with Crippen LogP contribution < -0.4 is 0 Å². The van der Waals surface area contributed by atoms with E-state index in [1.165, 1.54) is 20.2 Å². The number of fused-ring (bicyclic) bond motifs is 3. The first-order chi connectivity index (χ1) is 12.8. The maximum Gasteiger partial charge on any atom is 0.161 e. The molecule has 0 saturated heterocycles. The average Bonchev–Trinajstić information content (AvgIpc) is 3.07. The lowest BCUT2D eigenvalue weighted by atomic mass is 10.1. The second-order valence-corrected chi connectivity index (χ2v) is 7.42. The topological polar surface area (TPSA) is 25.8 Å². The molecule has 0 saturated carbocycles. The summed E-state index contributed by atoms with van der Waals surface area (Å²) in [7, 11) is 0. The van der Waals surface area contributed by atoms with Gasteiger partial charge >= 0.3 is 0 Å². The molecule has 5 rings (SSSR count). The van der Waals surface area contributed by atoms with Gasteiger partial charge in [0.05, 0.1) is 5.69 Å². The smallest absolute Gasteiger partial charge is 0.161 e. The van der Waals surface area contributed by atoms with Crippen LogP contribution in [0.3, 0.4) is 0 Å². The number of rotatable bonds is 2. The van der Waals surface area contributed by atoms with E-state index in [0.29, 0.717) is 0 Å². The Labute approximate surface area is 155 Å². The van der Waals surface area contributed by atoms with E-state index in [1.807, 2.05) is 42.5 Å². The van der Waals surface area contributed by atoms with E-state index in [2.05, 4.69) is 54.6 Å². The molecule has 3 aromatic carbocycles. The third-order valence-corrected chi connectivity index (χ3v) is 5.79. The Hall–Kier alpha value is -3.04. The van der Waals surface area contributed by atoms with Gasteiger partial charge in [0, 0.05) is 37.0 Å². The van der Waals surface area contributed by atoms with Crippen molar-refractivity contribution in [3.8, 4) is 22.6 Å². The van der Waals surface area contributed by atoms with Gasteiger partial charge in [-0.3, -0.25) is 0 Å². The maximum atomic E-state index is 4.89. The SMILES string of the molecule is Cc1cc(-c2ccccc2)nc(-c2cccc3c2sc2ccccc23)n1. The number of aromatic nitrogens is 2. The molecule has 0 spiro atoms. The molecule has 2 heterocycles. The van der Waals surface area contributed by atoms with Gasteiger partial charge in [0.1, 0.15) is 0 Å². The zero-order valence-electron chi connectivity index (χ0n) is 14.3. The zero-order chi connectivity index (χ0) is 17.5. The predicted molar refractivity (Wildman–Crippen MR) is 111 cm³/mol. The molecule has 0 N–H and O–H groups in total. The van der Waals surface area contributed by atoms with E-state index >= 15 is 0 Å². The van der Waals surface area contributed by atoms with Gasteiger partial charge in [0.2, 0.25) is 0 Å². The van der Waals surface area contributed by atoms with Crippen LogP contribution in [0.5, 0.6) is 0 Å². The van der Waals surface area contributed by atoms with Gasteiger partial charge in [-0.1, -0.05) is 60.7 Å². The first-order valence-electron chi connectivity index (χ1n) is 8.61. The van der Waals surface area contributed by atoms with Crippen molar-refractivity contribution in [3.63, 3.8) is 0 Å². The summed E-state index contributed by atoms with van der Waals surface area (Å²) < 4.78 is 2.55. The number of benzene rings is 3. The highest BCUT2D eigenvalue weighted by Crippen LogP contribution is 2.39. The summed E-state index contributed by atoms with van der Waals surface area (Å²) in [6.07, 6.45) is 0. The first-order valence-corrected chi connectivity index (χ1v) is 9.43. The lowest BCUT2D eigenvalue weighted by Gasteiger charge is -2.07. The molecule has 0 aliphatic rings. The molecular formula is C23H16N2S. The van der Waals surface area contributed by atoms with Crippen LogP contribution in [0.4, 0.5) is 0 Å². The second-order valence-electron chi connectivity index (χ2n) is 6.36. The quantitative estimate of drug-likeness (QED) is 0.363.